The lowest BCUT2D eigenvalue weighted by Crippen LogP contribution is -2.45. The molecule has 5 rings (SSSR count). The Kier molecular flexibility index (Phi) is 7.78. The van der Waals surface area contributed by atoms with E-state index >= 15 is 0 Å². The summed E-state index contributed by atoms with van der Waals surface area (Å²) < 4.78 is 16.4. The Morgan fingerprint density at radius 1 is 1.08 bits per heavy atom. The van der Waals surface area contributed by atoms with Gasteiger partial charge in [-0.15, -0.1) is 0 Å². The van der Waals surface area contributed by atoms with Gasteiger partial charge in [-0.3, -0.25) is 9.78 Å². The van der Waals surface area contributed by atoms with Crippen LogP contribution in [0, 0.1) is 0 Å². The Labute approximate surface area is 234 Å². The first-order valence-corrected chi connectivity index (χ1v) is 12.6. The number of fused-ring (bicyclic) bond motifs is 1. The molecule has 1 aliphatic rings. The molecule has 1 aromatic carbocycles. The molecule has 2 atom stereocenters. The standard InChI is InChI=1S/C27H24Cl2N6O4/c1-4-21(36)32-17-12-39-13-18(17)34-27-31-11-15-9-16(22-23(28)19(37-2)10-20(38-3)24(22)29)33-25(26(15)35-27)14-5-7-30-8-6-14/h4-11,17-18H,1,12-13H2,2-3H3,(H,32,36)(H,31,34,35)/t17-,18+/m0/s1. The number of nitrogens with one attached hydrogen (secondary N) is 2. The van der Waals surface area contributed by atoms with Crippen molar-refractivity contribution in [2.75, 3.05) is 32.8 Å². The second-order valence-corrected chi connectivity index (χ2v) is 9.37. The quantitative estimate of drug-likeness (QED) is 0.295. The minimum atomic E-state index is -0.278. The fourth-order valence-corrected chi connectivity index (χ4v) is 5.00. The van der Waals surface area contributed by atoms with Crippen LogP contribution in [-0.4, -0.2) is 65.4 Å². The van der Waals surface area contributed by atoms with Crippen LogP contribution in [-0.2, 0) is 9.53 Å². The third-order valence-electron chi connectivity index (χ3n) is 6.26. The number of benzene rings is 1. The largest absolute Gasteiger partial charge is 0.495 e. The van der Waals surface area contributed by atoms with E-state index in [4.69, 9.17) is 47.4 Å². The zero-order valence-electron chi connectivity index (χ0n) is 21.1. The molecule has 0 bridgehead atoms. The van der Waals surface area contributed by atoms with Gasteiger partial charge in [0.05, 0.1) is 61.0 Å². The van der Waals surface area contributed by atoms with Crippen molar-refractivity contribution in [1.29, 1.82) is 0 Å². The third kappa shape index (κ3) is 5.31. The van der Waals surface area contributed by atoms with Gasteiger partial charge in [-0.05, 0) is 24.3 Å². The summed E-state index contributed by atoms with van der Waals surface area (Å²) in [6, 6.07) is 6.61. The number of hydrogen-bond acceptors (Lipinski definition) is 9. The van der Waals surface area contributed by atoms with Crippen LogP contribution in [0.25, 0.3) is 33.4 Å². The van der Waals surface area contributed by atoms with E-state index in [1.165, 1.54) is 20.3 Å². The SMILES string of the molecule is C=CC(=O)N[C@H]1COC[C@H]1Nc1ncc2cc(-c3c(Cl)c(OC)cc(OC)c3Cl)nc(-c3ccncc3)c2n1. The molecule has 1 fully saturated rings. The number of ether oxygens (including phenoxy) is 3. The summed E-state index contributed by atoms with van der Waals surface area (Å²) in [6.07, 6.45) is 6.26. The highest BCUT2D eigenvalue weighted by atomic mass is 35.5. The number of rotatable bonds is 8. The molecule has 4 heterocycles. The van der Waals surface area contributed by atoms with Crippen molar-refractivity contribution in [2.24, 2.45) is 0 Å². The molecule has 12 heteroatoms. The number of pyridine rings is 2. The molecule has 0 saturated carbocycles. The van der Waals surface area contributed by atoms with Crippen LogP contribution >= 0.6 is 23.2 Å². The summed E-state index contributed by atoms with van der Waals surface area (Å²) >= 11 is 13.4. The minimum absolute atomic E-state index is 0.232. The average Bonchev–Trinajstić information content (AvgIpc) is 3.39. The highest BCUT2D eigenvalue weighted by molar-refractivity contribution is 6.41. The molecular formula is C27H24Cl2N6O4. The van der Waals surface area contributed by atoms with Crippen LogP contribution in [0.2, 0.25) is 10.0 Å². The Balaban J connectivity index is 1.63. The maximum absolute atomic E-state index is 11.8. The van der Waals surface area contributed by atoms with Gasteiger partial charge in [0, 0.05) is 41.2 Å². The molecule has 0 radical (unpaired) electrons. The van der Waals surface area contributed by atoms with E-state index in [1.54, 1.807) is 24.7 Å². The van der Waals surface area contributed by atoms with Crippen molar-refractivity contribution in [2.45, 2.75) is 12.1 Å². The highest BCUT2D eigenvalue weighted by Gasteiger charge is 2.30. The molecule has 1 saturated heterocycles. The monoisotopic (exact) mass is 566 g/mol. The number of anilines is 1. The van der Waals surface area contributed by atoms with Crippen LogP contribution in [0.4, 0.5) is 5.95 Å². The van der Waals surface area contributed by atoms with E-state index in [1.807, 2.05) is 18.2 Å². The maximum atomic E-state index is 11.8. The highest BCUT2D eigenvalue weighted by Crippen LogP contribution is 2.46. The smallest absolute Gasteiger partial charge is 0.243 e. The number of carbonyl (C=O) groups is 1. The third-order valence-corrected chi connectivity index (χ3v) is 7.01. The fraction of sp³-hybridized carbons (Fsp3) is 0.222. The number of hydrogen-bond donors (Lipinski definition) is 2. The summed E-state index contributed by atoms with van der Waals surface area (Å²) in [6.45, 7) is 4.25. The Hall–Kier alpha value is -3.99. The first-order chi connectivity index (χ1) is 18.9. The Morgan fingerprint density at radius 3 is 2.44 bits per heavy atom. The van der Waals surface area contributed by atoms with Gasteiger partial charge in [0.25, 0.3) is 0 Å². The molecular weight excluding hydrogens is 543 g/mol. The first kappa shape index (κ1) is 26.6. The van der Waals surface area contributed by atoms with Crippen molar-refractivity contribution in [3.05, 3.63) is 65.6 Å². The number of halogens is 2. The predicted molar refractivity (Wildman–Crippen MR) is 149 cm³/mol. The van der Waals surface area contributed by atoms with Crippen LogP contribution in [0.1, 0.15) is 0 Å². The van der Waals surface area contributed by atoms with Gasteiger partial charge >= 0.3 is 0 Å². The number of carbonyl (C=O) groups excluding carboxylic acids is 1. The van der Waals surface area contributed by atoms with Gasteiger partial charge in [0.2, 0.25) is 11.9 Å². The molecule has 4 aromatic rings. The molecule has 1 amide bonds. The first-order valence-electron chi connectivity index (χ1n) is 11.9. The normalized spacial score (nSPS) is 16.6. The molecule has 3 aromatic heterocycles. The van der Waals surface area contributed by atoms with Crippen molar-refractivity contribution >= 4 is 46.0 Å². The van der Waals surface area contributed by atoms with Crippen molar-refractivity contribution in [3.63, 3.8) is 0 Å². The molecule has 0 aliphatic carbocycles. The van der Waals surface area contributed by atoms with Crippen molar-refractivity contribution in [1.82, 2.24) is 25.3 Å². The number of methoxy groups -OCH3 is 2. The molecule has 0 unspecified atom stereocenters. The average molecular weight is 567 g/mol. The number of aromatic nitrogens is 4. The lowest BCUT2D eigenvalue weighted by Gasteiger charge is -2.20. The van der Waals surface area contributed by atoms with Crippen molar-refractivity contribution in [3.8, 4) is 34.0 Å². The predicted octanol–water partition coefficient (Wildman–Crippen LogP) is 4.56. The summed E-state index contributed by atoms with van der Waals surface area (Å²) in [5.74, 6) is 0.876. The van der Waals surface area contributed by atoms with Gasteiger partial charge in [-0.1, -0.05) is 29.8 Å². The molecule has 0 spiro atoms. The lowest BCUT2D eigenvalue weighted by atomic mass is 10.0. The van der Waals surface area contributed by atoms with Gasteiger partial charge in [0.15, 0.2) is 0 Å². The van der Waals surface area contributed by atoms with E-state index in [0.29, 0.717) is 68.6 Å². The Morgan fingerprint density at radius 2 is 1.77 bits per heavy atom. The molecule has 39 heavy (non-hydrogen) atoms. The van der Waals surface area contributed by atoms with E-state index < -0.39 is 0 Å². The van der Waals surface area contributed by atoms with Gasteiger partial charge in [0.1, 0.15) is 17.0 Å². The van der Waals surface area contributed by atoms with Crippen molar-refractivity contribution < 1.29 is 19.0 Å². The van der Waals surface area contributed by atoms with Crippen LogP contribution in [0.15, 0.2) is 55.5 Å². The lowest BCUT2D eigenvalue weighted by molar-refractivity contribution is -0.117. The number of amides is 1. The minimum Gasteiger partial charge on any atom is -0.495 e. The van der Waals surface area contributed by atoms with Gasteiger partial charge in [-0.2, -0.15) is 0 Å². The van der Waals surface area contributed by atoms with Crippen LogP contribution in [0.3, 0.4) is 0 Å². The summed E-state index contributed by atoms with van der Waals surface area (Å²) in [5, 5.41) is 7.43. The topological polar surface area (TPSA) is 120 Å². The van der Waals surface area contributed by atoms with Crippen LogP contribution < -0.4 is 20.1 Å². The number of nitrogens with zero attached hydrogens (tertiary/aromatic N) is 4. The Bertz CT molecular complexity index is 1520. The fourth-order valence-electron chi connectivity index (χ4n) is 4.30. The van der Waals surface area contributed by atoms with Crippen LogP contribution in [0.5, 0.6) is 11.5 Å². The van der Waals surface area contributed by atoms with E-state index in [0.717, 1.165) is 5.56 Å². The molecule has 200 valence electrons. The van der Waals surface area contributed by atoms with Gasteiger partial charge in [-0.25, -0.2) is 15.0 Å². The second-order valence-electron chi connectivity index (χ2n) is 8.61. The summed E-state index contributed by atoms with van der Waals surface area (Å²) in [4.78, 5) is 30.2. The van der Waals surface area contributed by atoms with Gasteiger partial charge < -0.3 is 24.8 Å². The zero-order chi connectivity index (χ0) is 27.5. The zero-order valence-corrected chi connectivity index (χ0v) is 22.6. The maximum Gasteiger partial charge on any atom is 0.243 e. The molecule has 2 N–H and O–H groups in total. The summed E-state index contributed by atoms with van der Waals surface area (Å²) in [5.41, 5.74) is 2.89. The second kappa shape index (κ2) is 11.4. The van der Waals surface area contributed by atoms with E-state index in [2.05, 4.69) is 27.2 Å². The summed E-state index contributed by atoms with van der Waals surface area (Å²) in [7, 11) is 3.03. The molecule has 1 aliphatic heterocycles. The van der Waals surface area contributed by atoms with E-state index in [9.17, 15) is 4.79 Å². The molecule has 10 nitrogen and oxygen atoms in total. The van der Waals surface area contributed by atoms with E-state index in [-0.39, 0.29) is 18.0 Å².